The Bertz CT molecular complexity index is 408. The highest BCUT2D eigenvalue weighted by Gasteiger charge is 2.04. The van der Waals surface area contributed by atoms with Crippen molar-refractivity contribution < 1.29 is 17.5 Å². The highest BCUT2D eigenvalue weighted by molar-refractivity contribution is 7.85. The lowest BCUT2D eigenvalue weighted by atomic mass is 10.2. The Morgan fingerprint density at radius 3 is 2.35 bits per heavy atom. The van der Waals surface area contributed by atoms with Gasteiger partial charge < -0.3 is 0 Å². The van der Waals surface area contributed by atoms with E-state index in [-0.39, 0.29) is 0 Å². The van der Waals surface area contributed by atoms with Crippen molar-refractivity contribution in [3.05, 3.63) is 30.1 Å². The number of aromatic nitrogens is 1. The van der Waals surface area contributed by atoms with E-state index in [9.17, 15) is 8.42 Å². The van der Waals surface area contributed by atoms with Crippen LogP contribution in [0.3, 0.4) is 0 Å². The summed E-state index contributed by atoms with van der Waals surface area (Å²) < 4.78 is 28.2. The molecule has 0 spiro atoms. The first kappa shape index (κ1) is 16.1. The molecule has 1 heterocycles. The molecule has 1 aromatic heterocycles. The molecule has 5 heteroatoms. The summed E-state index contributed by atoms with van der Waals surface area (Å²) in [5.74, 6) is 0. The summed E-state index contributed by atoms with van der Waals surface area (Å²) in [6.45, 7) is 5.60. The Balaban J connectivity index is 0.000000437. The van der Waals surface area contributed by atoms with Gasteiger partial charge in [0, 0.05) is 25.0 Å². The average molecular weight is 260 g/mol. The Labute approximate surface area is 104 Å². The van der Waals surface area contributed by atoms with Crippen LogP contribution in [-0.2, 0) is 23.1 Å². The fourth-order valence-corrected chi connectivity index (χ4v) is 1.38. The quantitative estimate of drug-likeness (QED) is 0.664. The molecule has 4 nitrogen and oxygen atoms in total. The normalized spacial score (nSPS) is 10.6. The van der Waals surface area contributed by atoms with Crippen LogP contribution in [0, 0.1) is 0 Å². The predicted molar refractivity (Wildman–Crippen MR) is 68.4 cm³/mol. The average Bonchev–Trinajstić information content (AvgIpc) is 2.24. The molecule has 0 unspecified atom stereocenters. The molecule has 0 saturated carbocycles. The first-order chi connectivity index (χ1) is 7.88. The molecule has 98 valence electrons. The Hall–Kier alpha value is -0.940. The van der Waals surface area contributed by atoms with Gasteiger partial charge in [-0.15, -0.1) is 0 Å². The minimum Gasteiger partial charge on any atom is -0.286 e. The number of hydrogen-bond acceptors (Lipinski definition) is 2. The van der Waals surface area contributed by atoms with Crippen LogP contribution in [0.2, 0.25) is 0 Å². The molecule has 1 rings (SSSR count). The second kappa shape index (κ2) is 8.20. The number of rotatable bonds is 4. The second-order valence-electron chi connectivity index (χ2n) is 3.83. The molecule has 0 fully saturated rings. The van der Waals surface area contributed by atoms with Crippen molar-refractivity contribution in [2.24, 2.45) is 0 Å². The van der Waals surface area contributed by atoms with Crippen LogP contribution in [0.4, 0.5) is 0 Å². The summed E-state index contributed by atoms with van der Waals surface area (Å²) in [7, 11) is -3.67. The molecule has 0 aliphatic heterocycles. The standard InChI is InChI=1S/C11H18N.CH4O3S/c1-3-5-9-12-10-7-6-8-11(12)4-2;1-5(2,3)4/h6-8,10H,3-5,9H2,1-2H3;1H3,(H,2,3,4)/q+1;. The molecular weight excluding hydrogens is 238 g/mol. The van der Waals surface area contributed by atoms with Gasteiger partial charge in [-0.2, -0.15) is 8.42 Å². The van der Waals surface area contributed by atoms with Crippen molar-refractivity contribution in [1.29, 1.82) is 0 Å². The van der Waals surface area contributed by atoms with E-state index in [0.29, 0.717) is 6.26 Å². The third-order valence-electron chi connectivity index (χ3n) is 2.15. The second-order valence-corrected chi connectivity index (χ2v) is 5.29. The highest BCUT2D eigenvalue weighted by Crippen LogP contribution is 1.94. The lowest BCUT2D eigenvalue weighted by Crippen LogP contribution is -2.37. The minimum absolute atomic E-state index is 0.715. The molecule has 0 aliphatic carbocycles. The smallest absolute Gasteiger partial charge is 0.261 e. The van der Waals surface area contributed by atoms with Crippen molar-refractivity contribution in [3.63, 3.8) is 0 Å². The van der Waals surface area contributed by atoms with Gasteiger partial charge in [0.1, 0.15) is 6.54 Å². The van der Waals surface area contributed by atoms with E-state index in [1.807, 2.05) is 0 Å². The number of hydrogen-bond donors (Lipinski definition) is 1. The maximum absolute atomic E-state index is 9.19. The first-order valence-electron chi connectivity index (χ1n) is 5.78. The van der Waals surface area contributed by atoms with Crippen molar-refractivity contribution in [1.82, 2.24) is 0 Å². The van der Waals surface area contributed by atoms with Gasteiger partial charge in [-0.25, -0.2) is 4.57 Å². The fraction of sp³-hybridized carbons (Fsp3) is 0.583. The van der Waals surface area contributed by atoms with E-state index in [2.05, 4.69) is 42.8 Å². The maximum atomic E-state index is 9.19. The summed E-state index contributed by atoms with van der Waals surface area (Å²) in [4.78, 5) is 0. The zero-order valence-corrected chi connectivity index (χ0v) is 11.6. The Morgan fingerprint density at radius 2 is 1.88 bits per heavy atom. The monoisotopic (exact) mass is 260 g/mol. The van der Waals surface area contributed by atoms with Crippen LogP contribution in [0.5, 0.6) is 0 Å². The summed E-state index contributed by atoms with van der Waals surface area (Å²) >= 11 is 0. The molecule has 0 bridgehead atoms. The summed E-state index contributed by atoms with van der Waals surface area (Å²) in [6, 6.07) is 6.42. The van der Waals surface area contributed by atoms with E-state index in [4.69, 9.17) is 4.55 Å². The maximum Gasteiger partial charge on any atom is 0.261 e. The van der Waals surface area contributed by atoms with Crippen molar-refractivity contribution in [2.45, 2.75) is 39.7 Å². The van der Waals surface area contributed by atoms with E-state index < -0.39 is 10.1 Å². The van der Waals surface area contributed by atoms with Gasteiger partial charge in [0.2, 0.25) is 0 Å². The molecule has 0 atom stereocenters. The molecule has 0 saturated heterocycles. The number of nitrogens with zero attached hydrogens (tertiary/aromatic N) is 1. The van der Waals surface area contributed by atoms with Crippen LogP contribution >= 0.6 is 0 Å². The summed E-state index contributed by atoms with van der Waals surface area (Å²) in [6.07, 6.45) is 6.57. The zero-order valence-electron chi connectivity index (χ0n) is 10.8. The van der Waals surface area contributed by atoms with Gasteiger partial charge in [-0.05, 0) is 0 Å². The molecule has 0 aromatic carbocycles. The van der Waals surface area contributed by atoms with Crippen LogP contribution in [-0.4, -0.2) is 19.2 Å². The highest BCUT2D eigenvalue weighted by atomic mass is 32.2. The van der Waals surface area contributed by atoms with Gasteiger partial charge >= 0.3 is 0 Å². The largest absolute Gasteiger partial charge is 0.286 e. The van der Waals surface area contributed by atoms with Crippen molar-refractivity contribution in [3.8, 4) is 0 Å². The summed E-state index contributed by atoms with van der Waals surface area (Å²) in [5, 5.41) is 0. The van der Waals surface area contributed by atoms with E-state index in [1.54, 1.807) is 0 Å². The van der Waals surface area contributed by atoms with Gasteiger partial charge in [-0.1, -0.05) is 26.3 Å². The molecule has 1 N–H and O–H groups in total. The molecule has 0 radical (unpaired) electrons. The lowest BCUT2D eigenvalue weighted by molar-refractivity contribution is -0.704. The van der Waals surface area contributed by atoms with Crippen LogP contribution in [0.25, 0.3) is 0 Å². The van der Waals surface area contributed by atoms with Crippen molar-refractivity contribution in [2.75, 3.05) is 6.26 Å². The third-order valence-corrected chi connectivity index (χ3v) is 2.15. The number of aryl methyl sites for hydroxylation is 2. The molecule has 0 amide bonds. The first-order valence-corrected chi connectivity index (χ1v) is 7.63. The SMILES string of the molecule is CCCC[n+]1ccccc1CC.CS(=O)(=O)O. The van der Waals surface area contributed by atoms with Crippen LogP contribution in [0.1, 0.15) is 32.4 Å². The Kier molecular flexibility index (Phi) is 7.74. The fourth-order valence-electron chi connectivity index (χ4n) is 1.38. The minimum atomic E-state index is -3.67. The molecular formula is C12H22NO3S+. The summed E-state index contributed by atoms with van der Waals surface area (Å²) in [5.41, 5.74) is 1.44. The number of pyridine rings is 1. The van der Waals surface area contributed by atoms with Gasteiger partial charge in [0.05, 0.1) is 6.26 Å². The van der Waals surface area contributed by atoms with E-state index in [0.717, 1.165) is 6.42 Å². The van der Waals surface area contributed by atoms with Crippen LogP contribution < -0.4 is 4.57 Å². The van der Waals surface area contributed by atoms with Gasteiger partial charge in [0.15, 0.2) is 11.9 Å². The Morgan fingerprint density at radius 1 is 1.29 bits per heavy atom. The number of unbranched alkanes of at least 4 members (excludes halogenated alkanes) is 1. The lowest BCUT2D eigenvalue weighted by Gasteiger charge is -1.99. The van der Waals surface area contributed by atoms with Gasteiger partial charge in [0.25, 0.3) is 10.1 Å². The zero-order chi connectivity index (χ0) is 13.3. The van der Waals surface area contributed by atoms with Crippen molar-refractivity contribution >= 4 is 10.1 Å². The van der Waals surface area contributed by atoms with Crippen LogP contribution in [0.15, 0.2) is 24.4 Å². The van der Waals surface area contributed by atoms with Gasteiger partial charge in [-0.3, -0.25) is 4.55 Å². The molecule has 1 aromatic rings. The molecule has 17 heavy (non-hydrogen) atoms. The predicted octanol–water partition coefficient (Wildman–Crippen LogP) is 1.84. The van der Waals surface area contributed by atoms with E-state index in [1.165, 1.54) is 25.1 Å². The topological polar surface area (TPSA) is 58.2 Å². The molecule has 0 aliphatic rings. The van der Waals surface area contributed by atoms with E-state index >= 15 is 0 Å². The third kappa shape index (κ3) is 9.96.